The van der Waals surface area contributed by atoms with Crippen molar-refractivity contribution in [3.63, 3.8) is 0 Å². The molecular formula is C29H31N5O6. The molecule has 2 N–H and O–H groups in total. The first-order valence-electron chi connectivity index (χ1n) is 13.0. The van der Waals surface area contributed by atoms with E-state index in [1.54, 1.807) is 31.2 Å². The predicted molar refractivity (Wildman–Crippen MR) is 146 cm³/mol. The molecule has 2 saturated heterocycles. The fourth-order valence-electron chi connectivity index (χ4n) is 5.45. The zero-order chi connectivity index (χ0) is 28.4. The van der Waals surface area contributed by atoms with Crippen molar-refractivity contribution in [1.29, 1.82) is 0 Å². The maximum atomic E-state index is 13.6. The zero-order valence-electron chi connectivity index (χ0n) is 22.3. The van der Waals surface area contributed by atoms with Crippen LogP contribution in [0.2, 0.25) is 0 Å². The Kier molecular flexibility index (Phi) is 7.56. The number of amides is 4. The molecule has 208 valence electrons. The third-order valence-electron chi connectivity index (χ3n) is 7.36. The molecule has 0 aliphatic carbocycles. The Hall–Kier alpha value is -4.64. The predicted octanol–water partition coefficient (Wildman–Crippen LogP) is 2.26. The maximum Gasteiger partial charge on any atom is 0.334 e. The number of benzene rings is 3. The number of nitrogens with zero attached hydrogens (tertiary/aromatic N) is 4. The Bertz CT molecular complexity index is 1440. The van der Waals surface area contributed by atoms with Gasteiger partial charge >= 0.3 is 12.0 Å². The molecule has 0 radical (unpaired) electrons. The SMILES string of the molecule is COc1ccc(CNC(=O)N2[C@H]3CN(Cc4cccc5ccccc45)C(=O)[C@H](CC(=O)O)N3C(=O)CN2C)cc1. The van der Waals surface area contributed by atoms with Gasteiger partial charge in [-0.15, -0.1) is 0 Å². The van der Waals surface area contributed by atoms with Gasteiger partial charge in [0, 0.05) is 20.1 Å². The van der Waals surface area contributed by atoms with Crippen LogP contribution in [0.5, 0.6) is 5.75 Å². The average molecular weight is 546 g/mol. The number of hydrogen-bond acceptors (Lipinski definition) is 6. The highest BCUT2D eigenvalue weighted by Gasteiger charge is 2.51. The summed E-state index contributed by atoms with van der Waals surface area (Å²) in [6.45, 7) is 0.300. The first-order valence-corrected chi connectivity index (χ1v) is 13.0. The minimum Gasteiger partial charge on any atom is -0.497 e. The van der Waals surface area contributed by atoms with Crippen LogP contribution in [0.15, 0.2) is 66.7 Å². The number of ether oxygens (including phenoxy) is 1. The quantitative estimate of drug-likeness (QED) is 0.467. The molecule has 2 heterocycles. The van der Waals surface area contributed by atoms with Gasteiger partial charge in [0.2, 0.25) is 11.8 Å². The minimum absolute atomic E-state index is 0.0320. The number of carbonyl (C=O) groups is 4. The Morgan fingerprint density at radius 3 is 2.48 bits per heavy atom. The first-order chi connectivity index (χ1) is 19.3. The number of nitrogens with one attached hydrogen (secondary N) is 1. The van der Waals surface area contributed by atoms with E-state index in [9.17, 15) is 24.3 Å². The number of carboxylic acids is 1. The molecule has 3 aromatic carbocycles. The van der Waals surface area contributed by atoms with Gasteiger partial charge in [-0.3, -0.25) is 14.4 Å². The summed E-state index contributed by atoms with van der Waals surface area (Å²) in [5.74, 6) is -1.37. The van der Waals surface area contributed by atoms with Crippen molar-refractivity contribution in [2.24, 2.45) is 0 Å². The van der Waals surface area contributed by atoms with Crippen molar-refractivity contribution >= 4 is 34.6 Å². The van der Waals surface area contributed by atoms with Crippen molar-refractivity contribution < 1.29 is 29.0 Å². The molecular weight excluding hydrogens is 514 g/mol. The Labute approximate surface area is 231 Å². The van der Waals surface area contributed by atoms with Gasteiger partial charge in [-0.1, -0.05) is 54.6 Å². The number of carboxylic acid groups (broad SMARTS) is 1. The van der Waals surface area contributed by atoms with Crippen molar-refractivity contribution in [2.75, 3.05) is 27.2 Å². The summed E-state index contributed by atoms with van der Waals surface area (Å²) >= 11 is 0. The highest BCUT2D eigenvalue weighted by Crippen LogP contribution is 2.29. The number of rotatable bonds is 7. The van der Waals surface area contributed by atoms with Crippen LogP contribution in [0.3, 0.4) is 0 Å². The summed E-state index contributed by atoms with van der Waals surface area (Å²) in [4.78, 5) is 54.9. The van der Waals surface area contributed by atoms with Crippen LogP contribution in [-0.4, -0.2) is 88.2 Å². The first kappa shape index (κ1) is 26.9. The Morgan fingerprint density at radius 2 is 1.75 bits per heavy atom. The second-order valence-corrected chi connectivity index (χ2v) is 9.92. The number of carbonyl (C=O) groups excluding carboxylic acids is 3. The number of hydrogen-bond donors (Lipinski definition) is 2. The van der Waals surface area contributed by atoms with Crippen molar-refractivity contribution in [3.8, 4) is 5.75 Å². The number of urea groups is 1. The van der Waals surface area contributed by atoms with E-state index in [-0.39, 0.29) is 26.2 Å². The third-order valence-corrected chi connectivity index (χ3v) is 7.36. The molecule has 11 heteroatoms. The van der Waals surface area contributed by atoms with Gasteiger partial charge in [-0.05, 0) is 34.0 Å². The summed E-state index contributed by atoms with van der Waals surface area (Å²) in [7, 11) is 3.20. The Morgan fingerprint density at radius 1 is 1.02 bits per heavy atom. The van der Waals surface area contributed by atoms with E-state index in [4.69, 9.17) is 4.74 Å². The van der Waals surface area contributed by atoms with Crippen LogP contribution in [0, 0.1) is 0 Å². The van der Waals surface area contributed by atoms with E-state index in [0.717, 1.165) is 21.9 Å². The smallest absolute Gasteiger partial charge is 0.334 e. The monoisotopic (exact) mass is 545 g/mol. The van der Waals surface area contributed by atoms with E-state index in [0.29, 0.717) is 5.75 Å². The van der Waals surface area contributed by atoms with E-state index in [1.807, 2.05) is 54.6 Å². The zero-order valence-corrected chi connectivity index (χ0v) is 22.3. The molecule has 2 fully saturated rings. The lowest BCUT2D eigenvalue weighted by atomic mass is 10.0. The van der Waals surface area contributed by atoms with Gasteiger partial charge in [0.25, 0.3) is 0 Å². The number of aliphatic carboxylic acids is 1. The number of fused-ring (bicyclic) bond motifs is 2. The second kappa shape index (κ2) is 11.2. The van der Waals surface area contributed by atoms with Gasteiger partial charge < -0.3 is 25.0 Å². The molecule has 0 unspecified atom stereocenters. The molecule has 2 aliphatic rings. The van der Waals surface area contributed by atoms with Crippen LogP contribution in [0.1, 0.15) is 17.5 Å². The molecule has 40 heavy (non-hydrogen) atoms. The minimum atomic E-state index is -1.23. The van der Waals surface area contributed by atoms with Crippen molar-refractivity contribution in [3.05, 3.63) is 77.9 Å². The van der Waals surface area contributed by atoms with Gasteiger partial charge in [-0.2, -0.15) is 0 Å². The largest absolute Gasteiger partial charge is 0.497 e. The highest BCUT2D eigenvalue weighted by atomic mass is 16.5. The number of likely N-dealkylation sites (N-methyl/N-ethyl adjacent to an activating group) is 1. The van der Waals surface area contributed by atoms with Crippen LogP contribution >= 0.6 is 0 Å². The third kappa shape index (κ3) is 5.28. The van der Waals surface area contributed by atoms with Gasteiger partial charge in [-0.25, -0.2) is 14.8 Å². The Balaban J connectivity index is 1.43. The molecule has 0 saturated carbocycles. The summed E-state index contributed by atoms with van der Waals surface area (Å²) in [6.07, 6.45) is -1.43. The number of hydrazine groups is 1. The molecule has 4 amide bonds. The topological polar surface area (TPSA) is 123 Å². The van der Waals surface area contributed by atoms with Crippen LogP contribution in [0.25, 0.3) is 10.8 Å². The average Bonchev–Trinajstić information content (AvgIpc) is 2.94. The lowest BCUT2D eigenvalue weighted by Gasteiger charge is -2.54. The molecule has 11 nitrogen and oxygen atoms in total. The number of piperazine rings is 1. The lowest BCUT2D eigenvalue weighted by molar-refractivity contribution is -0.189. The van der Waals surface area contributed by atoms with E-state index >= 15 is 0 Å². The molecule has 3 aromatic rings. The molecule has 2 aliphatic heterocycles. The summed E-state index contributed by atoms with van der Waals surface area (Å²) in [5, 5.41) is 17.4. The van der Waals surface area contributed by atoms with Crippen LogP contribution in [-0.2, 0) is 27.5 Å². The van der Waals surface area contributed by atoms with E-state index < -0.39 is 42.4 Å². The van der Waals surface area contributed by atoms with Gasteiger partial charge in [0.1, 0.15) is 18.0 Å². The highest BCUT2D eigenvalue weighted by molar-refractivity contribution is 5.94. The normalized spacial score (nSPS) is 19.5. The van der Waals surface area contributed by atoms with Crippen molar-refractivity contribution in [2.45, 2.75) is 31.7 Å². The number of methoxy groups -OCH3 is 1. The lowest BCUT2D eigenvalue weighted by Crippen LogP contribution is -2.76. The van der Waals surface area contributed by atoms with Crippen LogP contribution in [0.4, 0.5) is 4.79 Å². The standard InChI is InChI=1S/C29H31N5O6/c1-31-18-26(35)33-24(14-27(36)37)28(38)32(16-21-8-5-7-20-6-3-4-9-23(20)21)17-25(33)34(31)29(39)30-15-19-10-12-22(40-2)13-11-19/h3-13,24-25H,14-18H2,1-2H3,(H,30,39)(H,36,37)/t24-,25-/m0/s1. The summed E-state index contributed by atoms with van der Waals surface area (Å²) in [6, 6.07) is 19.2. The van der Waals surface area contributed by atoms with Gasteiger partial charge in [0.05, 0.1) is 26.6 Å². The maximum absolute atomic E-state index is 13.6. The molecule has 5 rings (SSSR count). The molecule has 0 spiro atoms. The van der Waals surface area contributed by atoms with E-state index in [2.05, 4.69) is 5.32 Å². The molecule has 2 atom stereocenters. The summed E-state index contributed by atoms with van der Waals surface area (Å²) < 4.78 is 5.18. The molecule has 0 aromatic heterocycles. The second-order valence-electron chi connectivity index (χ2n) is 9.92. The van der Waals surface area contributed by atoms with Gasteiger partial charge in [0.15, 0.2) is 0 Å². The van der Waals surface area contributed by atoms with Crippen molar-refractivity contribution in [1.82, 2.24) is 25.1 Å². The molecule has 0 bridgehead atoms. The summed E-state index contributed by atoms with van der Waals surface area (Å²) in [5.41, 5.74) is 1.74. The fraction of sp³-hybridized carbons (Fsp3) is 0.310. The van der Waals surface area contributed by atoms with E-state index in [1.165, 1.54) is 14.9 Å². The fourth-order valence-corrected chi connectivity index (χ4v) is 5.45. The van der Waals surface area contributed by atoms with Crippen LogP contribution < -0.4 is 10.1 Å².